The van der Waals surface area contributed by atoms with Crippen molar-refractivity contribution in [3.05, 3.63) is 35.4 Å². The Morgan fingerprint density at radius 3 is 2.76 bits per heavy atom. The Morgan fingerprint density at radius 1 is 1.38 bits per heavy atom. The van der Waals surface area contributed by atoms with Crippen LogP contribution in [0.4, 0.5) is 0 Å². The van der Waals surface area contributed by atoms with E-state index in [0.29, 0.717) is 6.61 Å². The summed E-state index contributed by atoms with van der Waals surface area (Å²) in [5.74, 6) is 0.491. The van der Waals surface area contributed by atoms with Gasteiger partial charge in [0.15, 0.2) is 0 Å². The summed E-state index contributed by atoms with van der Waals surface area (Å²) in [7, 11) is 1.69. The maximum Gasteiger partial charge on any atom is 0.241 e. The standard InChI is InChI=1S/C17H26N2O2/c1-12(2)15-17(20)19(9-6-10-21-4)16(18-15)14-8-5-7-13(3)11-14/h5,7-8,11-12,15-16,18H,6,9-10H2,1-4H3. The smallest absolute Gasteiger partial charge is 0.241 e. The van der Waals surface area contributed by atoms with E-state index in [2.05, 4.69) is 44.3 Å². The van der Waals surface area contributed by atoms with E-state index >= 15 is 0 Å². The van der Waals surface area contributed by atoms with E-state index < -0.39 is 0 Å². The summed E-state index contributed by atoms with van der Waals surface area (Å²) in [6.07, 6.45) is 0.832. The number of hydrogen-bond acceptors (Lipinski definition) is 3. The minimum atomic E-state index is -0.0990. The lowest BCUT2D eigenvalue weighted by atomic mass is 10.0. The lowest BCUT2D eigenvalue weighted by molar-refractivity contribution is -0.131. The Kier molecular flexibility index (Phi) is 5.37. The number of hydrogen-bond donors (Lipinski definition) is 1. The van der Waals surface area contributed by atoms with E-state index in [9.17, 15) is 4.79 Å². The Morgan fingerprint density at radius 2 is 2.14 bits per heavy atom. The second-order valence-electron chi connectivity index (χ2n) is 6.08. The molecule has 21 heavy (non-hydrogen) atoms. The van der Waals surface area contributed by atoms with E-state index in [1.54, 1.807) is 7.11 Å². The molecule has 1 aromatic carbocycles. The Bertz CT molecular complexity index is 487. The highest BCUT2D eigenvalue weighted by Gasteiger charge is 2.40. The van der Waals surface area contributed by atoms with Crippen LogP contribution in [0.15, 0.2) is 24.3 Å². The van der Waals surface area contributed by atoms with Crippen LogP contribution in [0.1, 0.15) is 37.6 Å². The van der Waals surface area contributed by atoms with Gasteiger partial charge in [0.25, 0.3) is 0 Å². The highest BCUT2D eigenvalue weighted by atomic mass is 16.5. The third-order valence-corrected chi connectivity index (χ3v) is 3.97. The van der Waals surface area contributed by atoms with E-state index in [4.69, 9.17) is 4.74 Å². The summed E-state index contributed by atoms with van der Waals surface area (Å²) in [6.45, 7) is 7.65. The molecule has 1 N–H and O–H groups in total. The Labute approximate surface area is 127 Å². The molecule has 1 aliphatic heterocycles. The molecule has 4 nitrogen and oxygen atoms in total. The fourth-order valence-corrected chi connectivity index (χ4v) is 2.85. The number of nitrogens with one attached hydrogen (secondary N) is 1. The predicted molar refractivity (Wildman–Crippen MR) is 83.9 cm³/mol. The van der Waals surface area contributed by atoms with Crippen LogP contribution in [-0.4, -0.2) is 37.1 Å². The molecule has 2 unspecified atom stereocenters. The molecule has 1 aliphatic rings. The first-order chi connectivity index (χ1) is 10.0. The van der Waals surface area contributed by atoms with Crippen molar-refractivity contribution in [2.45, 2.75) is 39.4 Å². The molecule has 1 heterocycles. The number of carbonyl (C=O) groups excluding carboxylic acids is 1. The van der Waals surface area contributed by atoms with Gasteiger partial charge in [0.05, 0.1) is 6.04 Å². The molecule has 2 rings (SSSR count). The zero-order valence-corrected chi connectivity index (χ0v) is 13.4. The van der Waals surface area contributed by atoms with Crippen LogP contribution in [0.2, 0.25) is 0 Å². The third kappa shape index (κ3) is 3.63. The van der Waals surface area contributed by atoms with E-state index in [-0.39, 0.29) is 24.0 Å². The van der Waals surface area contributed by atoms with Crippen molar-refractivity contribution in [2.75, 3.05) is 20.3 Å². The highest BCUT2D eigenvalue weighted by molar-refractivity contribution is 5.84. The topological polar surface area (TPSA) is 41.6 Å². The number of nitrogens with zero attached hydrogens (tertiary/aromatic N) is 1. The van der Waals surface area contributed by atoms with Gasteiger partial charge in [-0.05, 0) is 24.8 Å². The second-order valence-corrected chi connectivity index (χ2v) is 6.08. The van der Waals surface area contributed by atoms with Gasteiger partial charge in [-0.15, -0.1) is 0 Å². The SMILES string of the molecule is COCCCN1C(=O)C(C(C)C)NC1c1cccc(C)c1. The highest BCUT2D eigenvalue weighted by Crippen LogP contribution is 2.28. The number of ether oxygens (including phenoxy) is 1. The van der Waals surface area contributed by atoms with Crippen LogP contribution in [0.3, 0.4) is 0 Å². The largest absolute Gasteiger partial charge is 0.385 e. The van der Waals surface area contributed by atoms with Crippen molar-refractivity contribution < 1.29 is 9.53 Å². The number of benzene rings is 1. The summed E-state index contributed by atoms with van der Waals surface area (Å²) in [6, 6.07) is 8.27. The number of amides is 1. The van der Waals surface area contributed by atoms with Gasteiger partial charge in [0, 0.05) is 20.3 Å². The Hall–Kier alpha value is -1.39. The summed E-state index contributed by atoms with van der Waals surface area (Å²) in [5, 5.41) is 3.50. The lowest BCUT2D eigenvalue weighted by Crippen LogP contribution is -2.35. The van der Waals surface area contributed by atoms with Gasteiger partial charge in [-0.25, -0.2) is 0 Å². The molecule has 0 aromatic heterocycles. The molecule has 1 aromatic rings. The zero-order chi connectivity index (χ0) is 15.4. The average Bonchev–Trinajstić information content (AvgIpc) is 2.77. The molecule has 0 aliphatic carbocycles. The van der Waals surface area contributed by atoms with Crippen molar-refractivity contribution in [1.29, 1.82) is 0 Å². The minimum absolute atomic E-state index is 0.0262. The van der Waals surface area contributed by atoms with Gasteiger partial charge in [0.2, 0.25) is 5.91 Å². The fourth-order valence-electron chi connectivity index (χ4n) is 2.85. The Balaban J connectivity index is 2.21. The molecule has 1 amide bonds. The number of rotatable bonds is 6. The van der Waals surface area contributed by atoms with Crippen molar-refractivity contribution in [2.24, 2.45) is 5.92 Å². The first kappa shape index (κ1) is 16.0. The lowest BCUT2D eigenvalue weighted by Gasteiger charge is -2.24. The molecular weight excluding hydrogens is 264 g/mol. The monoisotopic (exact) mass is 290 g/mol. The van der Waals surface area contributed by atoms with E-state index in [0.717, 1.165) is 18.5 Å². The molecule has 0 saturated carbocycles. The van der Waals surface area contributed by atoms with Crippen LogP contribution in [0.25, 0.3) is 0 Å². The molecule has 1 saturated heterocycles. The first-order valence-corrected chi connectivity index (χ1v) is 7.66. The average molecular weight is 290 g/mol. The quantitative estimate of drug-likeness (QED) is 0.818. The van der Waals surface area contributed by atoms with Crippen LogP contribution < -0.4 is 5.32 Å². The van der Waals surface area contributed by atoms with E-state index in [1.807, 2.05) is 11.0 Å². The number of methoxy groups -OCH3 is 1. The summed E-state index contributed by atoms with van der Waals surface area (Å²) in [5.41, 5.74) is 2.37. The number of carbonyl (C=O) groups is 1. The van der Waals surface area contributed by atoms with Crippen LogP contribution >= 0.6 is 0 Å². The minimum Gasteiger partial charge on any atom is -0.385 e. The van der Waals surface area contributed by atoms with Gasteiger partial charge in [-0.3, -0.25) is 10.1 Å². The molecule has 0 spiro atoms. The second kappa shape index (κ2) is 7.05. The maximum absolute atomic E-state index is 12.6. The molecule has 4 heteroatoms. The summed E-state index contributed by atoms with van der Waals surface area (Å²) >= 11 is 0. The molecular formula is C17H26N2O2. The van der Waals surface area contributed by atoms with Crippen LogP contribution in [0, 0.1) is 12.8 Å². The van der Waals surface area contributed by atoms with Gasteiger partial charge in [-0.1, -0.05) is 43.7 Å². The van der Waals surface area contributed by atoms with Crippen molar-refractivity contribution >= 4 is 5.91 Å². The van der Waals surface area contributed by atoms with Crippen molar-refractivity contribution in [3.8, 4) is 0 Å². The van der Waals surface area contributed by atoms with Gasteiger partial charge in [-0.2, -0.15) is 0 Å². The van der Waals surface area contributed by atoms with Crippen molar-refractivity contribution in [3.63, 3.8) is 0 Å². The normalized spacial score (nSPS) is 22.3. The first-order valence-electron chi connectivity index (χ1n) is 7.66. The van der Waals surface area contributed by atoms with Crippen molar-refractivity contribution in [1.82, 2.24) is 10.2 Å². The predicted octanol–water partition coefficient (Wildman–Crippen LogP) is 2.49. The molecule has 1 fully saturated rings. The maximum atomic E-state index is 12.6. The molecule has 0 radical (unpaired) electrons. The van der Waals surface area contributed by atoms with E-state index in [1.165, 1.54) is 5.56 Å². The summed E-state index contributed by atoms with van der Waals surface area (Å²) in [4.78, 5) is 14.6. The molecule has 0 bridgehead atoms. The van der Waals surface area contributed by atoms with Gasteiger partial charge in [0.1, 0.15) is 6.17 Å². The zero-order valence-electron chi connectivity index (χ0n) is 13.4. The third-order valence-electron chi connectivity index (χ3n) is 3.97. The van der Waals surface area contributed by atoms with Gasteiger partial charge < -0.3 is 9.64 Å². The number of aryl methyl sites for hydroxylation is 1. The fraction of sp³-hybridized carbons (Fsp3) is 0.588. The van der Waals surface area contributed by atoms with Crippen LogP contribution in [-0.2, 0) is 9.53 Å². The van der Waals surface area contributed by atoms with Crippen LogP contribution in [0.5, 0.6) is 0 Å². The molecule has 2 atom stereocenters. The summed E-state index contributed by atoms with van der Waals surface area (Å²) < 4.78 is 5.11. The molecule has 116 valence electrons. The van der Waals surface area contributed by atoms with Gasteiger partial charge >= 0.3 is 0 Å².